The standard InChI is InChI=1S/C25H36N4O3.HI/c1-5-26-25(27-16-20-13-14-22(30-2)24(32-4)23(20)31-3)28-17-21-12-9-15-29(21)18-19-10-7-6-8-11-19;/h6-8,10-11,13-14,21H,5,9,12,15-18H2,1-4H3,(H2,26,27,28);1H. The summed E-state index contributed by atoms with van der Waals surface area (Å²) in [7, 11) is 4.86. The number of hydrogen-bond donors (Lipinski definition) is 2. The van der Waals surface area contributed by atoms with Gasteiger partial charge in [0.2, 0.25) is 5.75 Å². The number of nitrogens with zero attached hydrogens (tertiary/aromatic N) is 2. The maximum absolute atomic E-state index is 5.59. The van der Waals surface area contributed by atoms with E-state index in [4.69, 9.17) is 19.2 Å². The molecule has 0 bridgehead atoms. The minimum absolute atomic E-state index is 0. The normalized spacial score (nSPS) is 16.1. The second kappa shape index (κ2) is 14.1. The van der Waals surface area contributed by atoms with Crippen molar-refractivity contribution in [2.75, 3.05) is 41.0 Å². The fraction of sp³-hybridized carbons (Fsp3) is 0.480. The van der Waals surface area contributed by atoms with Gasteiger partial charge in [-0.05, 0) is 44.0 Å². The molecule has 1 saturated heterocycles. The Labute approximate surface area is 214 Å². The average molecular weight is 569 g/mol. The lowest BCUT2D eigenvalue weighted by atomic mass is 10.1. The molecule has 33 heavy (non-hydrogen) atoms. The van der Waals surface area contributed by atoms with E-state index < -0.39 is 0 Å². The van der Waals surface area contributed by atoms with Crippen LogP contribution in [0, 0.1) is 0 Å². The molecule has 2 N–H and O–H groups in total. The Morgan fingerprint density at radius 1 is 1.00 bits per heavy atom. The first-order valence-electron chi connectivity index (χ1n) is 11.3. The van der Waals surface area contributed by atoms with E-state index >= 15 is 0 Å². The molecule has 0 aromatic heterocycles. The van der Waals surface area contributed by atoms with Gasteiger partial charge in [0.15, 0.2) is 17.5 Å². The van der Waals surface area contributed by atoms with Crippen molar-refractivity contribution >= 4 is 29.9 Å². The van der Waals surface area contributed by atoms with Crippen LogP contribution in [0.15, 0.2) is 47.5 Å². The van der Waals surface area contributed by atoms with Crippen molar-refractivity contribution in [3.8, 4) is 17.2 Å². The maximum atomic E-state index is 5.59. The Bertz CT molecular complexity index is 879. The summed E-state index contributed by atoms with van der Waals surface area (Å²) in [5.74, 6) is 2.68. The molecule has 1 unspecified atom stereocenters. The molecule has 7 nitrogen and oxygen atoms in total. The first-order valence-corrected chi connectivity index (χ1v) is 11.3. The molecule has 1 atom stereocenters. The minimum atomic E-state index is 0. The Kier molecular flexibility index (Phi) is 11.6. The Hall–Kier alpha value is -2.20. The predicted octanol–water partition coefficient (Wildman–Crippen LogP) is 4.05. The van der Waals surface area contributed by atoms with E-state index in [1.807, 2.05) is 12.1 Å². The van der Waals surface area contributed by atoms with Crippen LogP contribution in [0.25, 0.3) is 0 Å². The zero-order valence-corrected chi connectivity index (χ0v) is 22.4. The molecule has 1 fully saturated rings. The van der Waals surface area contributed by atoms with Crippen LogP contribution < -0.4 is 24.8 Å². The molecule has 1 heterocycles. The Morgan fingerprint density at radius 3 is 2.42 bits per heavy atom. The van der Waals surface area contributed by atoms with Gasteiger partial charge in [-0.15, -0.1) is 24.0 Å². The molecule has 2 aromatic rings. The zero-order valence-electron chi connectivity index (χ0n) is 20.1. The summed E-state index contributed by atoms with van der Waals surface area (Å²) in [6.45, 7) is 6.33. The van der Waals surface area contributed by atoms with E-state index in [9.17, 15) is 0 Å². The van der Waals surface area contributed by atoms with Crippen LogP contribution in [0.5, 0.6) is 17.2 Å². The highest BCUT2D eigenvalue weighted by molar-refractivity contribution is 14.0. The highest BCUT2D eigenvalue weighted by Gasteiger charge is 2.24. The maximum Gasteiger partial charge on any atom is 0.203 e. The number of benzene rings is 2. The van der Waals surface area contributed by atoms with Crippen molar-refractivity contribution in [3.05, 3.63) is 53.6 Å². The van der Waals surface area contributed by atoms with Crippen molar-refractivity contribution < 1.29 is 14.2 Å². The summed E-state index contributed by atoms with van der Waals surface area (Å²) in [6.07, 6.45) is 2.43. The molecule has 0 amide bonds. The van der Waals surface area contributed by atoms with Gasteiger partial charge < -0.3 is 24.8 Å². The smallest absolute Gasteiger partial charge is 0.203 e. The highest BCUT2D eigenvalue weighted by atomic mass is 127. The third-order valence-corrected chi connectivity index (χ3v) is 5.77. The Balaban J connectivity index is 0.00000385. The van der Waals surface area contributed by atoms with Crippen LogP contribution in [0.4, 0.5) is 0 Å². The van der Waals surface area contributed by atoms with E-state index in [1.54, 1.807) is 21.3 Å². The quantitative estimate of drug-likeness (QED) is 0.256. The number of nitrogens with one attached hydrogen (secondary N) is 2. The number of rotatable bonds is 10. The molecule has 0 radical (unpaired) electrons. The molecule has 1 aliphatic rings. The second-order valence-corrected chi connectivity index (χ2v) is 7.82. The van der Waals surface area contributed by atoms with Gasteiger partial charge in [0, 0.05) is 31.2 Å². The highest BCUT2D eigenvalue weighted by Crippen LogP contribution is 2.39. The van der Waals surface area contributed by atoms with Gasteiger partial charge in [0.25, 0.3) is 0 Å². The van der Waals surface area contributed by atoms with E-state index in [1.165, 1.54) is 18.4 Å². The summed E-state index contributed by atoms with van der Waals surface area (Å²) in [6, 6.07) is 15.0. The third kappa shape index (κ3) is 7.40. The van der Waals surface area contributed by atoms with E-state index in [0.717, 1.165) is 37.7 Å². The largest absolute Gasteiger partial charge is 0.493 e. The van der Waals surface area contributed by atoms with Crippen LogP contribution in [0.1, 0.15) is 30.9 Å². The number of likely N-dealkylation sites (tertiary alicyclic amines) is 1. The SMILES string of the molecule is CCNC(=NCc1ccc(OC)c(OC)c1OC)NCC1CCCN1Cc1ccccc1.I. The van der Waals surface area contributed by atoms with Crippen LogP contribution >= 0.6 is 24.0 Å². The molecule has 182 valence electrons. The van der Waals surface area contributed by atoms with Crippen molar-refractivity contribution in [1.29, 1.82) is 0 Å². The van der Waals surface area contributed by atoms with Gasteiger partial charge in [-0.3, -0.25) is 4.90 Å². The van der Waals surface area contributed by atoms with Crippen molar-refractivity contribution in [2.24, 2.45) is 4.99 Å². The molecular weight excluding hydrogens is 531 g/mol. The lowest BCUT2D eigenvalue weighted by Gasteiger charge is -2.25. The zero-order chi connectivity index (χ0) is 22.8. The molecule has 0 spiro atoms. The fourth-order valence-corrected chi connectivity index (χ4v) is 4.16. The van der Waals surface area contributed by atoms with E-state index in [2.05, 4.69) is 52.8 Å². The lowest BCUT2D eigenvalue weighted by molar-refractivity contribution is 0.245. The molecule has 8 heteroatoms. The van der Waals surface area contributed by atoms with Gasteiger partial charge in [-0.25, -0.2) is 4.99 Å². The lowest BCUT2D eigenvalue weighted by Crippen LogP contribution is -2.44. The van der Waals surface area contributed by atoms with Crippen molar-refractivity contribution in [2.45, 2.75) is 38.9 Å². The molecule has 0 saturated carbocycles. The summed E-state index contributed by atoms with van der Waals surface area (Å²) >= 11 is 0. The van der Waals surface area contributed by atoms with Crippen molar-refractivity contribution in [1.82, 2.24) is 15.5 Å². The van der Waals surface area contributed by atoms with Gasteiger partial charge >= 0.3 is 0 Å². The average Bonchev–Trinajstić information content (AvgIpc) is 3.27. The number of ether oxygens (including phenoxy) is 3. The van der Waals surface area contributed by atoms with Crippen LogP contribution in [0.3, 0.4) is 0 Å². The molecule has 2 aromatic carbocycles. The monoisotopic (exact) mass is 568 g/mol. The minimum Gasteiger partial charge on any atom is -0.493 e. The molecule has 1 aliphatic heterocycles. The van der Waals surface area contributed by atoms with Crippen LogP contribution in [-0.2, 0) is 13.1 Å². The number of aliphatic imine (C=N–C) groups is 1. The molecular formula is C25H37IN4O3. The first-order chi connectivity index (χ1) is 15.7. The summed E-state index contributed by atoms with van der Waals surface area (Å²) in [4.78, 5) is 7.35. The Morgan fingerprint density at radius 2 is 1.76 bits per heavy atom. The fourth-order valence-electron chi connectivity index (χ4n) is 4.16. The van der Waals surface area contributed by atoms with Crippen molar-refractivity contribution in [3.63, 3.8) is 0 Å². The van der Waals surface area contributed by atoms with Gasteiger partial charge in [0.1, 0.15) is 0 Å². The number of halogens is 1. The second-order valence-electron chi connectivity index (χ2n) is 7.82. The number of methoxy groups -OCH3 is 3. The molecule has 0 aliphatic carbocycles. The number of guanidine groups is 1. The van der Waals surface area contributed by atoms with E-state index in [0.29, 0.717) is 29.8 Å². The molecule has 3 rings (SSSR count). The summed E-state index contributed by atoms with van der Waals surface area (Å²) in [5, 5.41) is 6.89. The van der Waals surface area contributed by atoms with Gasteiger partial charge in [0.05, 0.1) is 27.9 Å². The van der Waals surface area contributed by atoms with Crippen LogP contribution in [-0.4, -0.2) is 57.9 Å². The van der Waals surface area contributed by atoms with E-state index in [-0.39, 0.29) is 24.0 Å². The van der Waals surface area contributed by atoms with Crippen LogP contribution in [0.2, 0.25) is 0 Å². The summed E-state index contributed by atoms with van der Waals surface area (Å²) < 4.78 is 16.5. The van der Waals surface area contributed by atoms with Gasteiger partial charge in [-0.2, -0.15) is 0 Å². The third-order valence-electron chi connectivity index (χ3n) is 5.77. The summed E-state index contributed by atoms with van der Waals surface area (Å²) in [5.41, 5.74) is 2.30. The topological polar surface area (TPSA) is 67.4 Å². The predicted molar refractivity (Wildman–Crippen MR) is 144 cm³/mol. The van der Waals surface area contributed by atoms with Gasteiger partial charge in [-0.1, -0.05) is 30.3 Å². The first kappa shape index (κ1) is 27.0. The number of hydrogen-bond acceptors (Lipinski definition) is 5.